The zero-order valence-electron chi connectivity index (χ0n) is 13.0. The van der Waals surface area contributed by atoms with Crippen LogP contribution in [0.1, 0.15) is 18.2 Å². The number of nitrogens with zero attached hydrogens (tertiary/aromatic N) is 2. The largest absolute Gasteiger partial charge is 0.360 e. The minimum absolute atomic E-state index is 0.0842. The molecule has 2 aromatic rings. The smallest absolute Gasteiger partial charge is 0.225 e. The second-order valence-corrected chi connectivity index (χ2v) is 5.12. The zero-order valence-corrected chi connectivity index (χ0v) is 13.0. The van der Waals surface area contributed by atoms with E-state index in [1.807, 2.05) is 0 Å². The molecule has 0 saturated carbocycles. The van der Waals surface area contributed by atoms with E-state index < -0.39 is 0 Å². The Hall–Kier alpha value is -2.70. The first kappa shape index (κ1) is 16.7. The van der Waals surface area contributed by atoms with Crippen LogP contribution in [0.25, 0.3) is 0 Å². The van der Waals surface area contributed by atoms with Crippen LogP contribution in [0.2, 0.25) is 0 Å². The van der Waals surface area contributed by atoms with E-state index in [0.717, 1.165) is 0 Å². The van der Waals surface area contributed by atoms with E-state index in [1.165, 1.54) is 24.0 Å². The highest BCUT2D eigenvalue weighted by Gasteiger charge is 2.15. The first-order valence-corrected chi connectivity index (χ1v) is 7.18. The average Bonchev–Trinajstić information content (AvgIpc) is 2.89. The number of nitrogens with one attached hydrogen (secondary N) is 1. The van der Waals surface area contributed by atoms with Crippen molar-refractivity contribution < 1.29 is 18.5 Å². The third-order valence-electron chi connectivity index (χ3n) is 3.18. The summed E-state index contributed by atoms with van der Waals surface area (Å²) >= 11 is 0. The number of hydrogen-bond donors (Lipinski definition) is 1. The molecule has 0 aliphatic rings. The van der Waals surface area contributed by atoms with Crippen LogP contribution >= 0.6 is 0 Å². The lowest BCUT2D eigenvalue weighted by Gasteiger charge is -2.17. The van der Waals surface area contributed by atoms with E-state index in [4.69, 9.17) is 4.52 Å². The van der Waals surface area contributed by atoms with Gasteiger partial charge in [0.15, 0.2) is 5.82 Å². The van der Waals surface area contributed by atoms with Gasteiger partial charge in [-0.25, -0.2) is 4.39 Å². The van der Waals surface area contributed by atoms with Gasteiger partial charge in [-0.15, -0.1) is 0 Å². The quantitative estimate of drug-likeness (QED) is 0.881. The molecule has 1 heterocycles. The summed E-state index contributed by atoms with van der Waals surface area (Å²) in [5, 5.41) is 6.49. The molecule has 0 atom stereocenters. The molecule has 122 valence electrons. The maximum Gasteiger partial charge on any atom is 0.225 e. The van der Waals surface area contributed by atoms with Gasteiger partial charge < -0.3 is 9.84 Å². The van der Waals surface area contributed by atoms with Crippen LogP contribution in [0.4, 0.5) is 10.2 Å². The molecule has 0 bridgehead atoms. The number of amides is 2. The number of anilines is 1. The van der Waals surface area contributed by atoms with Crippen molar-refractivity contribution in [1.82, 2.24) is 10.5 Å². The van der Waals surface area contributed by atoms with Crippen molar-refractivity contribution in [1.29, 1.82) is 0 Å². The van der Waals surface area contributed by atoms with Gasteiger partial charge >= 0.3 is 0 Å². The highest BCUT2D eigenvalue weighted by molar-refractivity contribution is 5.90. The summed E-state index contributed by atoms with van der Waals surface area (Å²) in [5.41, 5.74) is 0.595. The lowest BCUT2D eigenvalue weighted by molar-refractivity contribution is -0.121. The summed E-state index contributed by atoms with van der Waals surface area (Å²) in [6.45, 7) is 3.68. The van der Waals surface area contributed by atoms with Gasteiger partial charge in [0.1, 0.15) is 11.6 Å². The van der Waals surface area contributed by atoms with E-state index in [1.54, 1.807) is 25.1 Å². The van der Waals surface area contributed by atoms with Gasteiger partial charge in [0, 0.05) is 26.1 Å². The highest BCUT2D eigenvalue weighted by atomic mass is 19.1. The molecule has 2 amide bonds. The lowest BCUT2D eigenvalue weighted by Crippen LogP contribution is -2.38. The summed E-state index contributed by atoms with van der Waals surface area (Å²) in [5.74, 6) is 0.198. The first-order valence-electron chi connectivity index (χ1n) is 7.18. The Morgan fingerprint density at radius 3 is 2.74 bits per heavy atom. The molecular weight excluding hydrogens is 301 g/mol. The van der Waals surface area contributed by atoms with Crippen LogP contribution in [-0.2, 0) is 16.0 Å². The molecule has 23 heavy (non-hydrogen) atoms. The topological polar surface area (TPSA) is 75.4 Å². The number of aryl methyl sites for hydroxylation is 1. The van der Waals surface area contributed by atoms with Crippen molar-refractivity contribution >= 4 is 17.6 Å². The minimum Gasteiger partial charge on any atom is -0.360 e. The van der Waals surface area contributed by atoms with Crippen LogP contribution in [-0.4, -0.2) is 30.1 Å². The number of rotatable bonds is 6. The van der Waals surface area contributed by atoms with Crippen LogP contribution in [0.3, 0.4) is 0 Å². The predicted octanol–water partition coefficient (Wildman–Crippen LogP) is 1.83. The monoisotopic (exact) mass is 319 g/mol. The highest BCUT2D eigenvalue weighted by Crippen LogP contribution is 2.13. The fraction of sp³-hybridized carbons (Fsp3) is 0.312. The summed E-state index contributed by atoms with van der Waals surface area (Å²) in [7, 11) is 0. The third kappa shape index (κ3) is 4.91. The standard InChI is InChI=1S/C16H18FN3O3/c1-11-8-15(19-23-11)20(12(2)21)7-6-18-16(22)10-13-4-3-5-14(17)9-13/h3-5,8-9H,6-7,10H2,1-2H3,(H,18,22). The summed E-state index contributed by atoms with van der Waals surface area (Å²) in [6.07, 6.45) is 0.0842. The van der Waals surface area contributed by atoms with E-state index in [9.17, 15) is 14.0 Å². The van der Waals surface area contributed by atoms with E-state index in [0.29, 0.717) is 17.1 Å². The van der Waals surface area contributed by atoms with Crippen molar-refractivity contribution in [2.45, 2.75) is 20.3 Å². The molecule has 0 fully saturated rings. The molecule has 0 spiro atoms. The van der Waals surface area contributed by atoms with E-state index in [-0.39, 0.29) is 37.1 Å². The summed E-state index contributed by atoms with van der Waals surface area (Å²) in [6, 6.07) is 7.53. The maximum absolute atomic E-state index is 13.1. The maximum atomic E-state index is 13.1. The Bertz CT molecular complexity index is 699. The number of hydrogen-bond acceptors (Lipinski definition) is 4. The Kier molecular flexibility index (Phi) is 5.46. The fourth-order valence-electron chi connectivity index (χ4n) is 2.12. The molecular formula is C16H18FN3O3. The van der Waals surface area contributed by atoms with Crippen LogP contribution < -0.4 is 10.2 Å². The summed E-state index contributed by atoms with van der Waals surface area (Å²) < 4.78 is 18.0. The third-order valence-corrected chi connectivity index (χ3v) is 3.18. The first-order chi connectivity index (χ1) is 11.0. The SMILES string of the molecule is CC(=O)N(CCNC(=O)Cc1cccc(F)c1)c1cc(C)on1. The van der Waals surface area contributed by atoms with Crippen LogP contribution in [0.5, 0.6) is 0 Å². The second-order valence-electron chi connectivity index (χ2n) is 5.12. The van der Waals surface area contributed by atoms with Crippen LogP contribution in [0.15, 0.2) is 34.9 Å². The number of carbonyl (C=O) groups is 2. The second kappa shape index (κ2) is 7.53. The molecule has 0 aliphatic carbocycles. The molecule has 2 rings (SSSR count). The minimum atomic E-state index is -0.376. The Labute approximate surface area is 133 Å². The van der Waals surface area contributed by atoms with Crippen molar-refractivity contribution in [3.63, 3.8) is 0 Å². The molecule has 6 nitrogen and oxygen atoms in total. The van der Waals surface area contributed by atoms with Gasteiger partial charge in [0.2, 0.25) is 11.8 Å². The normalized spacial score (nSPS) is 10.4. The van der Waals surface area contributed by atoms with Gasteiger partial charge in [0.25, 0.3) is 0 Å². The van der Waals surface area contributed by atoms with Crippen molar-refractivity contribution in [2.75, 3.05) is 18.0 Å². The molecule has 1 N–H and O–H groups in total. The van der Waals surface area contributed by atoms with Gasteiger partial charge in [-0.1, -0.05) is 17.3 Å². The van der Waals surface area contributed by atoms with E-state index in [2.05, 4.69) is 10.5 Å². The Morgan fingerprint density at radius 2 is 2.13 bits per heavy atom. The molecule has 0 unspecified atom stereocenters. The summed E-state index contributed by atoms with van der Waals surface area (Å²) in [4.78, 5) is 24.9. The number of aromatic nitrogens is 1. The number of benzene rings is 1. The van der Waals surface area contributed by atoms with Crippen molar-refractivity contribution in [3.8, 4) is 0 Å². The Balaban J connectivity index is 1.85. The Morgan fingerprint density at radius 1 is 1.35 bits per heavy atom. The fourth-order valence-corrected chi connectivity index (χ4v) is 2.12. The molecule has 0 saturated heterocycles. The lowest BCUT2D eigenvalue weighted by atomic mass is 10.1. The number of halogens is 1. The van der Waals surface area contributed by atoms with Crippen molar-refractivity contribution in [2.24, 2.45) is 0 Å². The molecule has 0 aliphatic heterocycles. The predicted molar refractivity (Wildman–Crippen MR) is 82.4 cm³/mol. The molecule has 0 radical (unpaired) electrons. The number of carbonyl (C=O) groups excluding carboxylic acids is 2. The van der Waals surface area contributed by atoms with Gasteiger partial charge in [0.05, 0.1) is 6.42 Å². The zero-order chi connectivity index (χ0) is 16.8. The van der Waals surface area contributed by atoms with Gasteiger partial charge in [-0.05, 0) is 24.6 Å². The average molecular weight is 319 g/mol. The van der Waals surface area contributed by atoms with E-state index >= 15 is 0 Å². The van der Waals surface area contributed by atoms with Crippen LogP contribution in [0, 0.1) is 12.7 Å². The molecule has 7 heteroatoms. The molecule has 1 aromatic carbocycles. The van der Waals surface area contributed by atoms with Crippen molar-refractivity contribution in [3.05, 3.63) is 47.5 Å². The van der Waals surface area contributed by atoms with Gasteiger partial charge in [-0.2, -0.15) is 0 Å². The molecule has 1 aromatic heterocycles. The van der Waals surface area contributed by atoms with Gasteiger partial charge in [-0.3, -0.25) is 14.5 Å².